The van der Waals surface area contributed by atoms with E-state index in [0.717, 1.165) is 55.6 Å². The Morgan fingerprint density at radius 1 is 0.541 bits per heavy atom. The van der Waals surface area contributed by atoms with E-state index < -0.39 is 19.1 Å². The summed E-state index contributed by atoms with van der Waals surface area (Å²) in [6.07, 6.45) is 8.24. The molecular formula is C85H92F4IN9O11Si. The van der Waals surface area contributed by atoms with Crippen LogP contribution in [0, 0.1) is 74.8 Å². The number of para-hydroxylation sites is 6. The molecule has 0 bridgehead atoms. The fourth-order valence-electron chi connectivity index (χ4n) is 10.1. The molecule has 0 saturated carbocycles. The Labute approximate surface area is 658 Å². The van der Waals surface area contributed by atoms with E-state index in [1.807, 2.05) is 75.1 Å². The van der Waals surface area contributed by atoms with Crippen molar-refractivity contribution >= 4 is 59.9 Å². The van der Waals surface area contributed by atoms with E-state index in [1.54, 1.807) is 173 Å². The van der Waals surface area contributed by atoms with Gasteiger partial charge in [0.05, 0.1) is 36.9 Å². The fraction of sp³-hybridized carbons (Fsp3) is 0.176. The molecule has 0 aliphatic heterocycles. The van der Waals surface area contributed by atoms with Gasteiger partial charge in [-0.2, -0.15) is 0 Å². The van der Waals surface area contributed by atoms with Gasteiger partial charge >= 0.3 is 0 Å². The van der Waals surface area contributed by atoms with Crippen LogP contribution in [-0.4, -0.2) is 60.5 Å². The second kappa shape index (κ2) is 46.1. The number of nitro benzene ring substituents is 2. The Hall–Kier alpha value is -12.4. The lowest BCUT2D eigenvalue weighted by Crippen LogP contribution is -2.21. The number of anilines is 1. The minimum absolute atomic E-state index is 0. The van der Waals surface area contributed by atoms with E-state index in [1.165, 1.54) is 98.6 Å². The van der Waals surface area contributed by atoms with Crippen LogP contribution in [0.25, 0.3) is 61.6 Å². The van der Waals surface area contributed by atoms with Gasteiger partial charge in [-0.15, -0.1) is 0 Å². The van der Waals surface area contributed by atoms with Gasteiger partial charge < -0.3 is 21.6 Å². The summed E-state index contributed by atoms with van der Waals surface area (Å²) in [5.74, 6) is -1.70. The summed E-state index contributed by atoms with van der Waals surface area (Å²) in [5.41, 5.74) is 22.8. The molecule has 0 spiro atoms. The largest absolute Gasteiger partial charge is 0.397 e. The number of isocyanates is 1. The molecule has 0 aliphatic rings. The topological polar surface area (TPSA) is 304 Å². The van der Waals surface area contributed by atoms with Crippen LogP contribution < -0.4 is 33.7 Å². The van der Waals surface area contributed by atoms with Crippen LogP contribution in [0.5, 0.6) is 0 Å². The van der Waals surface area contributed by atoms with E-state index in [9.17, 15) is 66.6 Å². The molecule has 6 N–H and O–H groups in total. The Morgan fingerprint density at radius 2 is 0.856 bits per heavy atom. The molecule has 0 fully saturated rings. The first-order valence-electron chi connectivity index (χ1n) is 33.7. The van der Waals surface area contributed by atoms with E-state index in [2.05, 4.69) is 9.64 Å². The third kappa shape index (κ3) is 28.6. The third-order valence-corrected chi connectivity index (χ3v) is 16.8. The van der Waals surface area contributed by atoms with Crippen LogP contribution in [0.3, 0.4) is 0 Å². The number of nitrogens with two attached hydrogens (primary N) is 2. The zero-order valence-corrected chi connectivity index (χ0v) is 63.6. The number of aryl methyl sites for hydroxylation is 4. The summed E-state index contributed by atoms with van der Waals surface area (Å²) in [6.45, 7) is 17.5. The van der Waals surface area contributed by atoms with Crippen molar-refractivity contribution in [1.29, 1.82) is 0 Å². The number of nitro groups is 2. The molecule has 26 heteroatoms. The molecule has 20 nitrogen and oxygen atoms in total. The summed E-state index contributed by atoms with van der Waals surface area (Å²) >= 11 is 1.93. The number of aromatic nitrogens is 4. The zero-order valence-electron chi connectivity index (χ0n) is 61.5. The monoisotopic (exact) mass is 1650 g/mol. The van der Waals surface area contributed by atoms with E-state index in [4.69, 9.17) is 17.9 Å². The normalized spacial score (nSPS) is 9.99. The number of aliphatic hydroxyl groups excluding tert-OH is 1. The van der Waals surface area contributed by atoms with Crippen molar-refractivity contribution in [3.63, 3.8) is 0 Å². The smallest absolute Gasteiger partial charge is 0.293 e. The number of aliphatic hydroxyl groups is 1. The number of amides is 1. The number of benzene rings is 8. The average Bonchev–Trinajstić information content (AvgIpc) is 0.802. The second-order valence-electron chi connectivity index (χ2n) is 24.1. The van der Waals surface area contributed by atoms with Crippen molar-refractivity contribution < 1.29 is 43.5 Å². The van der Waals surface area contributed by atoms with Crippen molar-refractivity contribution in [3.8, 4) is 61.6 Å². The van der Waals surface area contributed by atoms with Crippen LogP contribution in [0.2, 0.25) is 19.6 Å². The molecule has 12 rings (SSSR count). The van der Waals surface area contributed by atoms with Gasteiger partial charge in [0.15, 0.2) is 8.24 Å². The van der Waals surface area contributed by atoms with Gasteiger partial charge in [-0.25, -0.2) is 27.0 Å². The molecular weight excluding hydrogens is 1550 g/mol. The van der Waals surface area contributed by atoms with Gasteiger partial charge in [0.25, 0.3) is 28.1 Å². The molecule has 0 aliphatic carbocycles. The Balaban J connectivity index is 0.000000463. The maximum absolute atomic E-state index is 13.2. The molecule has 111 heavy (non-hydrogen) atoms. The first-order valence-corrected chi connectivity index (χ1v) is 37.5. The third-order valence-electron chi connectivity index (χ3n) is 15.1. The fourth-order valence-corrected chi connectivity index (χ4v) is 11.0. The molecule has 1 amide bonds. The maximum Gasteiger partial charge on any atom is 0.293 e. The summed E-state index contributed by atoms with van der Waals surface area (Å²) in [6, 6.07) is 57.3. The maximum atomic E-state index is 13.2. The SMILES string of the molecule is C.C.C.CCO.C[Si](C)(C)N=C=O.Cc1cc(=O)[nH]cc1-c1ccc(F)cc1.Cc1cc(=O)n(-c2ccccc2CC(N)=O)cc1-c1ccc(F)cc1.Cc1cc(=O)n(-c2ccccc2N)cc1-c1ccc(F)cc1.Cc1cc(=O)n(-c2ccccc2[N+](=O)[O-])cc1-c1ccc(F)cc1.O=[N+]([O-])c1ccccc1I.[2H]CC. The Morgan fingerprint density at radius 3 is 1.19 bits per heavy atom. The number of carbonyl (C=O) groups excluding carboxylic acids is 2. The highest BCUT2D eigenvalue weighted by molar-refractivity contribution is 14.1. The number of nitrogens with zero attached hydrogens (tertiary/aromatic N) is 6. The highest BCUT2D eigenvalue weighted by Gasteiger charge is 2.19. The summed E-state index contributed by atoms with van der Waals surface area (Å²) < 4.78 is 66.8. The van der Waals surface area contributed by atoms with Crippen molar-refractivity contribution in [2.75, 3.05) is 12.3 Å². The van der Waals surface area contributed by atoms with Gasteiger partial charge in [-0.3, -0.25) is 57.9 Å². The van der Waals surface area contributed by atoms with Gasteiger partial charge in [-0.1, -0.05) is 139 Å². The summed E-state index contributed by atoms with van der Waals surface area (Å²) in [5, 5.41) is 29.0. The molecule has 0 saturated heterocycles. The Bertz CT molecular complexity index is 5380. The highest BCUT2D eigenvalue weighted by atomic mass is 127. The average molecular weight is 1650 g/mol. The van der Waals surface area contributed by atoms with Gasteiger partial charge in [-0.05, 0) is 206 Å². The molecule has 4 aromatic heterocycles. The lowest BCUT2D eigenvalue weighted by Gasteiger charge is -2.14. The molecule has 8 aromatic carbocycles. The van der Waals surface area contributed by atoms with E-state index in [0.29, 0.717) is 44.2 Å². The summed E-state index contributed by atoms with van der Waals surface area (Å²) in [7, 11) is -1.46. The number of primary amides is 1. The number of nitrogens with one attached hydrogen (secondary N) is 1. The minimum Gasteiger partial charge on any atom is -0.397 e. The van der Waals surface area contributed by atoms with Crippen LogP contribution in [0.1, 0.15) is 72.2 Å². The molecule has 0 atom stereocenters. The predicted octanol–water partition coefficient (Wildman–Crippen LogP) is 19.2. The predicted molar refractivity (Wildman–Crippen MR) is 449 cm³/mol. The highest BCUT2D eigenvalue weighted by Crippen LogP contribution is 2.30. The zero-order chi connectivity index (χ0) is 80.7. The molecule has 4 heterocycles. The quantitative estimate of drug-likeness (QED) is 0.0130. The molecule has 0 unspecified atom stereocenters. The number of carbonyl (C=O) groups is 1. The molecule has 0 radical (unpaired) electrons. The second-order valence-corrected chi connectivity index (χ2v) is 29.9. The van der Waals surface area contributed by atoms with Gasteiger partial charge in [0.2, 0.25) is 17.5 Å². The van der Waals surface area contributed by atoms with Crippen LogP contribution in [0.4, 0.5) is 34.6 Å². The van der Waals surface area contributed by atoms with Crippen molar-refractivity contribution in [3.05, 3.63) is 359 Å². The number of hydrogen-bond donors (Lipinski definition) is 4. The van der Waals surface area contributed by atoms with Crippen molar-refractivity contribution in [2.45, 2.75) is 96.8 Å². The number of pyridine rings is 4. The Kier molecular flexibility index (Phi) is 38.6. The van der Waals surface area contributed by atoms with E-state index >= 15 is 0 Å². The van der Waals surface area contributed by atoms with Crippen LogP contribution in [0.15, 0.2) is 267 Å². The van der Waals surface area contributed by atoms with E-state index in [-0.39, 0.29) is 103 Å². The summed E-state index contributed by atoms with van der Waals surface area (Å²) in [4.78, 5) is 92.1. The first-order chi connectivity index (χ1) is 51.7. The number of halogens is 5. The lowest BCUT2D eigenvalue weighted by atomic mass is 10.0. The van der Waals surface area contributed by atoms with Gasteiger partial charge in [0, 0.05) is 91.4 Å². The number of hydrogen-bond acceptors (Lipinski definition) is 13. The van der Waals surface area contributed by atoms with Crippen LogP contribution in [-0.2, 0) is 16.0 Å². The van der Waals surface area contributed by atoms with Gasteiger partial charge in [0.1, 0.15) is 29.0 Å². The van der Waals surface area contributed by atoms with Crippen molar-refractivity contribution in [2.24, 2.45) is 10.4 Å². The minimum atomic E-state index is -1.46. The lowest BCUT2D eigenvalue weighted by molar-refractivity contribution is -0.385. The molecule has 12 aromatic rings. The number of H-pyrrole nitrogens is 1. The van der Waals surface area contributed by atoms with Crippen molar-refractivity contribution in [1.82, 2.24) is 18.7 Å². The number of nitrogen functional groups attached to an aromatic ring is 1. The van der Waals surface area contributed by atoms with Crippen LogP contribution >= 0.6 is 22.6 Å². The number of aromatic amines is 1. The first kappa shape index (κ1) is 92.8. The number of rotatable bonds is 12. The molecule has 582 valence electrons. The standard InChI is InChI=1S/C20H17FN2O2.C18H13FN2O3.C18H15FN2O.C12H10FNO.C6H4INO2.C4H9NOSi.C2H6O.C2H6.3CH4/c1-13-10-20(25)23(12-17(13)14-6-8-16(21)9-7-14)18-5-3-2-4-15(18)11-19(22)24;1-12-10-18(22)20(16-4-2-3-5-17(16)21(23)24)11-15(12)13-6-8-14(19)9-7-13;1-12-10-18(22)21(17-5-3-2-4-16(17)20)11-15(12)13-6-8-14(19)9-7-13;1-8-6-12(15)14-7-11(8)9-2-4-10(13)5-3-9;7-5-3-1-2-4-6(5)8(9)10;1-7(2,3)5-4-6;1-2-3;1-2;;;/h2-10,12H,11H2,1H3,(H2,22,24);2-11H,1H3;2-11H,20H2,1H3;2-7H,1H3,(H,14,15);1-4H;1-3H3;3H,2H2,1H3;1-2H3;3*1H4/i;;;;;;;1D;;;.